The van der Waals surface area contributed by atoms with E-state index in [1.54, 1.807) is 0 Å². The lowest BCUT2D eigenvalue weighted by molar-refractivity contribution is 0.0690. The van der Waals surface area contributed by atoms with Crippen LogP contribution >= 0.6 is 23.2 Å². The minimum absolute atomic E-state index is 0.477. The molecule has 0 unspecified atom stereocenters. The fourth-order valence-corrected chi connectivity index (χ4v) is 5.76. The van der Waals surface area contributed by atoms with E-state index in [0.29, 0.717) is 17.1 Å². The van der Waals surface area contributed by atoms with E-state index in [0.717, 1.165) is 74.6 Å². The third-order valence-electron chi connectivity index (χ3n) is 7.09. The predicted octanol–water partition coefficient (Wildman–Crippen LogP) is 3.91. The number of halogens is 2. The summed E-state index contributed by atoms with van der Waals surface area (Å²) >= 11 is 12.7. The van der Waals surface area contributed by atoms with Crippen molar-refractivity contribution in [1.82, 2.24) is 20.1 Å². The second-order valence-corrected chi connectivity index (χ2v) is 10.2. The van der Waals surface area contributed by atoms with Gasteiger partial charge in [-0.2, -0.15) is 0 Å². The monoisotopic (exact) mass is 486 g/mol. The summed E-state index contributed by atoms with van der Waals surface area (Å²) in [6, 6.07) is 11.4. The van der Waals surface area contributed by atoms with E-state index in [-0.39, 0.29) is 0 Å². The van der Waals surface area contributed by atoms with Gasteiger partial charge in [0.15, 0.2) is 0 Å². The van der Waals surface area contributed by atoms with Gasteiger partial charge in [0.1, 0.15) is 11.7 Å². The fraction of sp³-hybridized carbons (Fsp3) is 0.520. The smallest absolute Gasteiger partial charge is 0.147 e. The minimum atomic E-state index is 0.477. The molecule has 8 heteroatoms. The number of rotatable bonds is 5. The largest absolute Gasteiger partial charge is 0.368 e. The molecule has 5 rings (SSSR count). The highest BCUT2D eigenvalue weighted by molar-refractivity contribution is 6.33. The first kappa shape index (κ1) is 22.9. The lowest BCUT2D eigenvalue weighted by atomic mass is 9.99. The summed E-state index contributed by atoms with van der Waals surface area (Å²) in [5, 5.41) is 4.80. The molecular weight excluding hydrogens is 455 g/mol. The number of nitrogens with one attached hydrogen (secondary N) is 1. The molecule has 0 bridgehead atoms. The quantitative estimate of drug-likeness (QED) is 0.693. The molecule has 0 amide bonds. The van der Waals surface area contributed by atoms with Crippen LogP contribution in [0.2, 0.25) is 10.0 Å². The first-order chi connectivity index (χ1) is 16.1. The van der Waals surface area contributed by atoms with Gasteiger partial charge in [0.2, 0.25) is 0 Å². The lowest BCUT2D eigenvalue weighted by Crippen LogP contribution is -2.57. The maximum absolute atomic E-state index is 6.65. The van der Waals surface area contributed by atoms with Gasteiger partial charge in [-0.25, -0.2) is 4.98 Å². The van der Waals surface area contributed by atoms with E-state index in [4.69, 9.17) is 28.2 Å². The Kier molecular flexibility index (Phi) is 7.07. The summed E-state index contributed by atoms with van der Waals surface area (Å²) in [6.45, 7) is 10.3. The van der Waals surface area contributed by atoms with Crippen LogP contribution in [0.4, 0.5) is 5.82 Å². The van der Waals surface area contributed by atoms with Crippen molar-refractivity contribution in [3.63, 3.8) is 0 Å². The summed E-state index contributed by atoms with van der Waals surface area (Å²) in [5.41, 5.74) is 2.31. The van der Waals surface area contributed by atoms with Crippen molar-refractivity contribution < 1.29 is 0 Å². The topological polar surface area (TPSA) is 47.0 Å². The Hall–Kier alpha value is -1.86. The van der Waals surface area contributed by atoms with Gasteiger partial charge in [-0.05, 0) is 56.6 Å². The number of aromatic nitrogens is 1. The number of nitrogens with zero attached hydrogens (tertiary/aromatic N) is 5. The van der Waals surface area contributed by atoms with Crippen LogP contribution in [0.3, 0.4) is 0 Å². The van der Waals surface area contributed by atoms with Crippen molar-refractivity contribution in [1.29, 1.82) is 0 Å². The minimum Gasteiger partial charge on any atom is -0.368 e. The van der Waals surface area contributed by atoms with Crippen LogP contribution in [0, 0.1) is 0 Å². The normalized spacial score (nSPS) is 22.9. The molecule has 0 aliphatic carbocycles. The standard InChI is InChI=1S/C25H32Cl2N6/c1-18-16-32(25-23(27)14-20(15-30-25)24-28-8-9-29-24)12-13-33(18)22-6-10-31(11-7-22)17-19-2-4-21(26)5-3-19/h2-5,14-15,18,22H,6-13,16-17H2,1H3,(H,28,29)/t18-/m0/s1. The summed E-state index contributed by atoms with van der Waals surface area (Å²) in [4.78, 5) is 16.8. The third kappa shape index (κ3) is 5.29. The van der Waals surface area contributed by atoms with Crippen molar-refractivity contribution in [3.8, 4) is 0 Å². The number of hydrogen-bond donors (Lipinski definition) is 1. The molecule has 4 heterocycles. The van der Waals surface area contributed by atoms with Gasteiger partial charge in [-0.1, -0.05) is 35.3 Å². The van der Waals surface area contributed by atoms with Gasteiger partial charge >= 0.3 is 0 Å². The van der Waals surface area contributed by atoms with Crippen LogP contribution in [0.5, 0.6) is 0 Å². The molecule has 176 valence electrons. The molecule has 1 N–H and O–H groups in total. The molecule has 33 heavy (non-hydrogen) atoms. The Bertz CT molecular complexity index is 987. The zero-order valence-electron chi connectivity index (χ0n) is 19.2. The van der Waals surface area contributed by atoms with E-state index in [9.17, 15) is 0 Å². The zero-order chi connectivity index (χ0) is 22.8. The number of amidine groups is 1. The average molecular weight is 487 g/mol. The molecule has 2 saturated heterocycles. The summed E-state index contributed by atoms with van der Waals surface area (Å²) < 4.78 is 0. The number of benzene rings is 1. The number of pyridine rings is 1. The molecule has 2 aromatic rings. The molecular formula is C25H32Cl2N6. The fourth-order valence-electron chi connectivity index (χ4n) is 5.35. The third-order valence-corrected chi connectivity index (χ3v) is 7.62. The molecule has 1 atom stereocenters. The molecule has 0 saturated carbocycles. The van der Waals surface area contributed by atoms with Crippen LogP contribution in [0.1, 0.15) is 30.9 Å². The second kappa shape index (κ2) is 10.2. The highest BCUT2D eigenvalue weighted by Gasteiger charge is 2.32. The van der Waals surface area contributed by atoms with Crippen molar-refractivity contribution >= 4 is 34.9 Å². The van der Waals surface area contributed by atoms with E-state index in [1.165, 1.54) is 18.4 Å². The number of anilines is 1. The Morgan fingerprint density at radius 1 is 1.06 bits per heavy atom. The SMILES string of the molecule is C[C@H]1CN(c2ncc(C3=NCCN3)cc2Cl)CCN1C1CCN(Cc2ccc(Cl)cc2)CC1. The van der Waals surface area contributed by atoms with Gasteiger partial charge < -0.3 is 10.2 Å². The Morgan fingerprint density at radius 2 is 1.85 bits per heavy atom. The molecule has 3 aliphatic rings. The van der Waals surface area contributed by atoms with Crippen LogP contribution in [-0.4, -0.2) is 78.5 Å². The Labute approximate surface area is 206 Å². The van der Waals surface area contributed by atoms with Crippen LogP contribution < -0.4 is 10.2 Å². The number of piperidine rings is 1. The second-order valence-electron chi connectivity index (χ2n) is 9.35. The first-order valence-corrected chi connectivity index (χ1v) is 12.7. The van der Waals surface area contributed by atoms with Gasteiger partial charge in [0.05, 0.1) is 11.6 Å². The lowest BCUT2D eigenvalue weighted by Gasteiger charge is -2.47. The summed E-state index contributed by atoms with van der Waals surface area (Å²) in [7, 11) is 0. The van der Waals surface area contributed by atoms with E-state index in [1.807, 2.05) is 24.4 Å². The van der Waals surface area contributed by atoms with Crippen molar-refractivity contribution in [2.45, 2.75) is 38.4 Å². The van der Waals surface area contributed by atoms with Crippen LogP contribution in [0.25, 0.3) is 0 Å². The zero-order valence-corrected chi connectivity index (χ0v) is 20.7. The summed E-state index contributed by atoms with van der Waals surface area (Å²) in [6.07, 6.45) is 4.34. The molecule has 6 nitrogen and oxygen atoms in total. The van der Waals surface area contributed by atoms with Gasteiger partial charge in [0.25, 0.3) is 0 Å². The summed E-state index contributed by atoms with van der Waals surface area (Å²) in [5.74, 6) is 1.79. The van der Waals surface area contributed by atoms with Crippen molar-refractivity contribution in [2.75, 3.05) is 50.7 Å². The molecule has 1 aromatic carbocycles. The highest BCUT2D eigenvalue weighted by Crippen LogP contribution is 2.29. The molecule has 0 radical (unpaired) electrons. The van der Waals surface area contributed by atoms with Crippen molar-refractivity contribution in [2.24, 2.45) is 4.99 Å². The number of likely N-dealkylation sites (tertiary alicyclic amines) is 1. The number of hydrogen-bond acceptors (Lipinski definition) is 6. The van der Waals surface area contributed by atoms with Gasteiger partial charge in [-0.15, -0.1) is 0 Å². The molecule has 0 spiro atoms. The van der Waals surface area contributed by atoms with Gasteiger partial charge in [0, 0.05) is 61.6 Å². The van der Waals surface area contributed by atoms with E-state index < -0.39 is 0 Å². The van der Waals surface area contributed by atoms with Crippen LogP contribution in [-0.2, 0) is 6.54 Å². The van der Waals surface area contributed by atoms with Crippen LogP contribution in [0.15, 0.2) is 41.5 Å². The number of aliphatic imine (C=N–C) groups is 1. The molecule has 3 aliphatic heterocycles. The van der Waals surface area contributed by atoms with Gasteiger partial charge in [-0.3, -0.25) is 14.8 Å². The highest BCUT2D eigenvalue weighted by atomic mass is 35.5. The number of piperazine rings is 1. The van der Waals surface area contributed by atoms with E-state index in [2.05, 4.69) is 44.1 Å². The Morgan fingerprint density at radius 3 is 2.52 bits per heavy atom. The maximum atomic E-state index is 6.65. The Balaban J connectivity index is 1.15. The molecule has 1 aromatic heterocycles. The molecule has 2 fully saturated rings. The first-order valence-electron chi connectivity index (χ1n) is 12.0. The predicted molar refractivity (Wildman–Crippen MR) is 137 cm³/mol. The average Bonchev–Trinajstić information content (AvgIpc) is 3.36. The van der Waals surface area contributed by atoms with Crippen molar-refractivity contribution in [3.05, 3.63) is 57.7 Å². The van der Waals surface area contributed by atoms with E-state index >= 15 is 0 Å². The maximum Gasteiger partial charge on any atom is 0.147 e.